The molecule has 1 amide bonds. The Hall–Kier alpha value is -2.64. The zero-order valence-electron chi connectivity index (χ0n) is 14.9. The number of piperidine rings is 1. The topological polar surface area (TPSA) is 99.0 Å². The summed E-state index contributed by atoms with van der Waals surface area (Å²) >= 11 is 0. The van der Waals surface area contributed by atoms with E-state index in [9.17, 15) is 19.7 Å². The summed E-state index contributed by atoms with van der Waals surface area (Å²) in [5.74, 6) is -0.337. The number of nitro groups is 1. The number of rotatable bonds is 8. The summed E-state index contributed by atoms with van der Waals surface area (Å²) < 4.78 is 10.5. The lowest BCUT2D eigenvalue weighted by molar-refractivity contribution is -0.385. The minimum absolute atomic E-state index is 0.0369. The summed E-state index contributed by atoms with van der Waals surface area (Å²) in [6, 6.07) is 6.15. The maximum Gasteiger partial charge on any atom is 0.310 e. The highest BCUT2D eigenvalue weighted by Gasteiger charge is 2.29. The number of carbonyl (C=O) groups is 2. The first-order chi connectivity index (χ1) is 12.5. The fourth-order valence-electron chi connectivity index (χ4n) is 2.95. The van der Waals surface area contributed by atoms with Gasteiger partial charge in [0.15, 0.2) is 5.75 Å². The zero-order valence-corrected chi connectivity index (χ0v) is 14.9. The molecule has 0 N–H and O–H groups in total. The van der Waals surface area contributed by atoms with Crippen molar-refractivity contribution in [3.05, 3.63) is 34.4 Å². The largest absolute Gasteiger partial charge is 0.487 e. The van der Waals surface area contributed by atoms with Gasteiger partial charge in [-0.2, -0.15) is 0 Å². The van der Waals surface area contributed by atoms with Crippen molar-refractivity contribution >= 4 is 17.6 Å². The molecule has 1 fully saturated rings. The van der Waals surface area contributed by atoms with Crippen molar-refractivity contribution < 1.29 is 24.0 Å². The van der Waals surface area contributed by atoms with Crippen LogP contribution in [0.15, 0.2) is 24.3 Å². The molecule has 2 rings (SSSR count). The van der Waals surface area contributed by atoms with Crippen LogP contribution in [-0.4, -0.2) is 48.0 Å². The van der Waals surface area contributed by atoms with Gasteiger partial charge in [0, 0.05) is 25.6 Å². The molecular weight excluding hydrogens is 340 g/mol. The lowest BCUT2D eigenvalue weighted by atomic mass is 9.98. The highest BCUT2D eigenvalue weighted by Crippen LogP contribution is 2.26. The minimum Gasteiger partial charge on any atom is -0.487 e. The van der Waals surface area contributed by atoms with Gasteiger partial charge in [-0.05, 0) is 32.3 Å². The minimum atomic E-state index is -0.496. The smallest absolute Gasteiger partial charge is 0.310 e. The Labute approximate surface area is 152 Å². The molecule has 0 aromatic heterocycles. The second-order valence-corrected chi connectivity index (χ2v) is 6.11. The fourth-order valence-corrected chi connectivity index (χ4v) is 2.95. The van der Waals surface area contributed by atoms with Crippen molar-refractivity contribution in [2.24, 2.45) is 5.92 Å². The van der Waals surface area contributed by atoms with Crippen LogP contribution in [0.3, 0.4) is 0 Å². The second-order valence-electron chi connectivity index (χ2n) is 6.11. The van der Waals surface area contributed by atoms with Crippen molar-refractivity contribution in [1.29, 1.82) is 0 Å². The van der Waals surface area contributed by atoms with E-state index < -0.39 is 4.92 Å². The van der Waals surface area contributed by atoms with Crippen molar-refractivity contribution in [1.82, 2.24) is 4.90 Å². The zero-order chi connectivity index (χ0) is 18.9. The van der Waals surface area contributed by atoms with Gasteiger partial charge < -0.3 is 14.4 Å². The first kappa shape index (κ1) is 19.7. The maximum atomic E-state index is 12.3. The molecule has 0 saturated carbocycles. The van der Waals surface area contributed by atoms with E-state index in [1.54, 1.807) is 24.0 Å². The molecule has 0 aliphatic carbocycles. The second kappa shape index (κ2) is 9.74. The lowest BCUT2D eigenvalue weighted by Gasteiger charge is -2.31. The van der Waals surface area contributed by atoms with Gasteiger partial charge in [-0.25, -0.2) is 0 Å². The summed E-state index contributed by atoms with van der Waals surface area (Å²) in [5.41, 5.74) is -0.0906. The van der Waals surface area contributed by atoms with Gasteiger partial charge in [-0.15, -0.1) is 0 Å². The Balaban J connectivity index is 1.77. The number of nitro benzene ring substituents is 1. The highest BCUT2D eigenvalue weighted by atomic mass is 16.6. The molecule has 1 aliphatic rings. The number of para-hydroxylation sites is 2. The molecular formula is C18H24N2O6. The van der Waals surface area contributed by atoms with Gasteiger partial charge in [-0.3, -0.25) is 19.7 Å². The molecule has 1 atom stereocenters. The summed E-state index contributed by atoms with van der Waals surface area (Å²) in [7, 11) is 0. The van der Waals surface area contributed by atoms with Crippen LogP contribution in [0, 0.1) is 16.0 Å². The molecule has 26 heavy (non-hydrogen) atoms. The standard InChI is InChI=1S/C18H24N2O6/c1-2-25-18(22)14-7-5-11-19(13-14)17(21)10-6-12-26-16-9-4-3-8-15(16)20(23)24/h3-4,8-9,14H,2,5-7,10-13H2,1H3. The van der Waals surface area contributed by atoms with Crippen molar-refractivity contribution in [3.63, 3.8) is 0 Å². The average molecular weight is 364 g/mol. The van der Waals surface area contributed by atoms with Crippen LogP contribution < -0.4 is 4.74 Å². The third-order valence-corrected chi connectivity index (χ3v) is 4.25. The van der Waals surface area contributed by atoms with Crippen LogP contribution in [-0.2, 0) is 14.3 Å². The van der Waals surface area contributed by atoms with E-state index >= 15 is 0 Å². The SMILES string of the molecule is CCOC(=O)C1CCCN(C(=O)CCCOc2ccccc2[N+](=O)[O-])C1. The molecule has 8 heteroatoms. The Morgan fingerprint density at radius 2 is 2.12 bits per heavy atom. The molecule has 1 heterocycles. The molecule has 8 nitrogen and oxygen atoms in total. The van der Waals surface area contributed by atoms with Crippen molar-refractivity contribution in [2.75, 3.05) is 26.3 Å². The number of ether oxygens (including phenoxy) is 2. The van der Waals surface area contributed by atoms with Gasteiger partial charge in [-0.1, -0.05) is 12.1 Å². The van der Waals surface area contributed by atoms with E-state index in [4.69, 9.17) is 9.47 Å². The average Bonchev–Trinajstić information content (AvgIpc) is 2.65. The Kier molecular flexibility index (Phi) is 7.37. The molecule has 1 aromatic carbocycles. The summed E-state index contributed by atoms with van der Waals surface area (Å²) in [6.07, 6.45) is 2.24. The number of carbonyl (C=O) groups excluding carboxylic acids is 2. The summed E-state index contributed by atoms with van der Waals surface area (Å²) in [6.45, 7) is 3.35. The number of nitrogens with zero attached hydrogens (tertiary/aromatic N) is 2. The Morgan fingerprint density at radius 3 is 2.85 bits per heavy atom. The van der Waals surface area contributed by atoms with Gasteiger partial charge in [0.05, 0.1) is 24.1 Å². The highest BCUT2D eigenvalue weighted by molar-refractivity contribution is 5.78. The summed E-state index contributed by atoms with van der Waals surface area (Å²) in [4.78, 5) is 36.3. The van der Waals surface area contributed by atoms with Crippen LogP contribution in [0.25, 0.3) is 0 Å². The molecule has 1 aliphatic heterocycles. The van der Waals surface area contributed by atoms with E-state index in [1.807, 2.05) is 0 Å². The molecule has 0 spiro atoms. The fraction of sp³-hybridized carbons (Fsp3) is 0.556. The van der Waals surface area contributed by atoms with Crippen molar-refractivity contribution in [2.45, 2.75) is 32.6 Å². The van der Waals surface area contributed by atoms with E-state index in [0.29, 0.717) is 26.1 Å². The van der Waals surface area contributed by atoms with Gasteiger partial charge in [0.25, 0.3) is 0 Å². The van der Waals surface area contributed by atoms with E-state index in [2.05, 4.69) is 0 Å². The van der Waals surface area contributed by atoms with E-state index in [1.165, 1.54) is 12.1 Å². The number of hydrogen-bond donors (Lipinski definition) is 0. The third kappa shape index (κ3) is 5.44. The van der Waals surface area contributed by atoms with Crippen molar-refractivity contribution in [3.8, 4) is 5.75 Å². The number of benzene rings is 1. The van der Waals surface area contributed by atoms with Crippen LogP contribution in [0.2, 0.25) is 0 Å². The number of esters is 1. The van der Waals surface area contributed by atoms with E-state index in [-0.39, 0.29) is 42.3 Å². The monoisotopic (exact) mass is 364 g/mol. The van der Waals surface area contributed by atoms with Crippen LogP contribution >= 0.6 is 0 Å². The van der Waals surface area contributed by atoms with Crippen LogP contribution in [0.1, 0.15) is 32.6 Å². The van der Waals surface area contributed by atoms with E-state index in [0.717, 1.165) is 12.8 Å². The number of amides is 1. The van der Waals surface area contributed by atoms with Gasteiger partial charge >= 0.3 is 11.7 Å². The lowest BCUT2D eigenvalue weighted by Crippen LogP contribution is -2.42. The first-order valence-electron chi connectivity index (χ1n) is 8.83. The quantitative estimate of drug-likeness (QED) is 0.304. The first-order valence-corrected chi connectivity index (χ1v) is 8.83. The Morgan fingerprint density at radius 1 is 1.35 bits per heavy atom. The molecule has 1 aromatic rings. The predicted octanol–water partition coefficient (Wildman–Crippen LogP) is 2.56. The molecule has 0 bridgehead atoms. The van der Waals surface area contributed by atoms with Crippen LogP contribution in [0.5, 0.6) is 5.75 Å². The third-order valence-electron chi connectivity index (χ3n) is 4.25. The molecule has 1 saturated heterocycles. The molecule has 142 valence electrons. The van der Waals surface area contributed by atoms with Crippen LogP contribution in [0.4, 0.5) is 5.69 Å². The molecule has 1 unspecified atom stereocenters. The normalized spacial score (nSPS) is 16.8. The number of likely N-dealkylation sites (tertiary alicyclic amines) is 1. The maximum absolute atomic E-state index is 12.3. The van der Waals surface area contributed by atoms with Gasteiger partial charge in [0.1, 0.15) is 0 Å². The van der Waals surface area contributed by atoms with Gasteiger partial charge in [0.2, 0.25) is 5.91 Å². The summed E-state index contributed by atoms with van der Waals surface area (Å²) in [5, 5.41) is 10.9. The molecule has 0 radical (unpaired) electrons. The Bertz CT molecular complexity index is 648. The number of hydrogen-bond acceptors (Lipinski definition) is 6. The predicted molar refractivity (Wildman–Crippen MR) is 93.8 cm³/mol.